The SMILES string of the molecule is C=CCNS(=O)(=O)c1c(C)nn(CC(=O)O)c1C. The van der Waals surface area contributed by atoms with E-state index in [4.69, 9.17) is 5.11 Å². The lowest BCUT2D eigenvalue weighted by Gasteiger charge is -2.05. The molecule has 0 unspecified atom stereocenters. The number of aliphatic carboxylic acids is 1. The molecule has 0 aromatic carbocycles. The van der Waals surface area contributed by atoms with Crippen molar-refractivity contribution < 1.29 is 18.3 Å². The van der Waals surface area contributed by atoms with Gasteiger partial charge in [0.15, 0.2) is 0 Å². The summed E-state index contributed by atoms with van der Waals surface area (Å²) in [4.78, 5) is 10.6. The number of aryl methyl sites for hydroxylation is 1. The molecular formula is C10H15N3O4S. The number of carboxylic acids is 1. The van der Waals surface area contributed by atoms with Crippen LogP contribution < -0.4 is 4.72 Å². The first-order chi connectivity index (χ1) is 8.29. The molecule has 8 heteroatoms. The Hall–Kier alpha value is -1.67. The van der Waals surface area contributed by atoms with E-state index in [-0.39, 0.29) is 23.7 Å². The van der Waals surface area contributed by atoms with Crippen LogP contribution in [-0.4, -0.2) is 35.8 Å². The lowest BCUT2D eigenvalue weighted by atomic mass is 10.4. The van der Waals surface area contributed by atoms with Gasteiger partial charge in [-0.05, 0) is 13.8 Å². The van der Waals surface area contributed by atoms with Gasteiger partial charge in [-0.1, -0.05) is 6.08 Å². The van der Waals surface area contributed by atoms with Crippen molar-refractivity contribution >= 4 is 16.0 Å². The Bertz CT molecular complexity index is 574. The molecule has 1 aromatic heterocycles. The molecule has 100 valence electrons. The Morgan fingerprint density at radius 2 is 2.17 bits per heavy atom. The van der Waals surface area contributed by atoms with Gasteiger partial charge in [0.1, 0.15) is 11.4 Å². The van der Waals surface area contributed by atoms with E-state index >= 15 is 0 Å². The van der Waals surface area contributed by atoms with Gasteiger partial charge in [-0.2, -0.15) is 5.10 Å². The summed E-state index contributed by atoms with van der Waals surface area (Å²) in [5, 5.41) is 12.6. The highest BCUT2D eigenvalue weighted by Crippen LogP contribution is 2.18. The van der Waals surface area contributed by atoms with E-state index in [9.17, 15) is 13.2 Å². The van der Waals surface area contributed by atoms with Crippen LogP contribution in [0.5, 0.6) is 0 Å². The molecule has 0 fully saturated rings. The average molecular weight is 273 g/mol. The Kier molecular flexibility index (Phi) is 4.25. The molecule has 0 aliphatic heterocycles. The molecule has 2 N–H and O–H groups in total. The topological polar surface area (TPSA) is 101 Å². The minimum absolute atomic E-state index is 0.0191. The Labute approximate surface area is 105 Å². The highest BCUT2D eigenvalue weighted by molar-refractivity contribution is 7.89. The zero-order chi connectivity index (χ0) is 13.9. The molecular weight excluding hydrogens is 258 g/mol. The smallest absolute Gasteiger partial charge is 0.325 e. The highest BCUT2D eigenvalue weighted by atomic mass is 32.2. The van der Waals surface area contributed by atoms with E-state index in [1.165, 1.54) is 19.9 Å². The van der Waals surface area contributed by atoms with Crippen LogP contribution in [0.1, 0.15) is 11.4 Å². The molecule has 0 saturated carbocycles. The Morgan fingerprint density at radius 1 is 1.56 bits per heavy atom. The van der Waals surface area contributed by atoms with E-state index in [0.717, 1.165) is 4.68 Å². The second-order valence-electron chi connectivity index (χ2n) is 3.69. The van der Waals surface area contributed by atoms with Crippen molar-refractivity contribution in [2.75, 3.05) is 6.54 Å². The molecule has 0 aliphatic rings. The first-order valence-corrected chi connectivity index (χ1v) is 6.64. The first-order valence-electron chi connectivity index (χ1n) is 5.16. The van der Waals surface area contributed by atoms with E-state index < -0.39 is 16.0 Å². The van der Waals surface area contributed by atoms with Gasteiger partial charge in [0.2, 0.25) is 10.0 Å². The van der Waals surface area contributed by atoms with Gasteiger partial charge < -0.3 is 5.11 Å². The van der Waals surface area contributed by atoms with Gasteiger partial charge in [-0.3, -0.25) is 9.48 Å². The number of rotatable bonds is 6. The summed E-state index contributed by atoms with van der Waals surface area (Å²) in [5.41, 5.74) is 0.566. The maximum atomic E-state index is 12.0. The summed E-state index contributed by atoms with van der Waals surface area (Å²) in [7, 11) is -3.70. The third kappa shape index (κ3) is 2.96. The monoisotopic (exact) mass is 273 g/mol. The van der Waals surface area contributed by atoms with Gasteiger partial charge >= 0.3 is 5.97 Å². The molecule has 1 rings (SSSR count). The number of carboxylic acid groups (broad SMARTS) is 1. The van der Waals surface area contributed by atoms with Crippen molar-refractivity contribution in [2.24, 2.45) is 0 Å². The number of hydrogen-bond donors (Lipinski definition) is 2. The van der Waals surface area contributed by atoms with Crippen molar-refractivity contribution in [1.82, 2.24) is 14.5 Å². The number of nitrogens with one attached hydrogen (secondary N) is 1. The van der Waals surface area contributed by atoms with E-state index in [1.807, 2.05) is 0 Å². The van der Waals surface area contributed by atoms with Crippen LogP contribution in [0.3, 0.4) is 0 Å². The molecule has 0 aliphatic carbocycles. The molecule has 18 heavy (non-hydrogen) atoms. The largest absolute Gasteiger partial charge is 0.480 e. The first kappa shape index (κ1) is 14.4. The fourth-order valence-corrected chi connectivity index (χ4v) is 3.00. The lowest BCUT2D eigenvalue weighted by molar-refractivity contribution is -0.137. The zero-order valence-electron chi connectivity index (χ0n) is 10.2. The van der Waals surface area contributed by atoms with Crippen molar-refractivity contribution in [1.29, 1.82) is 0 Å². The minimum atomic E-state index is -3.70. The summed E-state index contributed by atoms with van der Waals surface area (Å²) in [5.74, 6) is -1.08. The van der Waals surface area contributed by atoms with Crippen molar-refractivity contribution in [3.63, 3.8) is 0 Å². The second-order valence-corrected chi connectivity index (χ2v) is 5.40. The second kappa shape index (κ2) is 5.32. The highest BCUT2D eigenvalue weighted by Gasteiger charge is 2.24. The van der Waals surface area contributed by atoms with Crippen molar-refractivity contribution in [3.05, 3.63) is 24.0 Å². The van der Waals surface area contributed by atoms with Gasteiger partial charge in [-0.25, -0.2) is 13.1 Å². The molecule has 7 nitrogen and oxygen atoms in total. The maximum absolute atomic E-state index is 12.0. The number of carbonyl (C=O) groups is 1. The molecule has 0 amide bonds. The number of aromatic nitrogens is 2. The predicted molar refractivity (Wildman–Crippen MR) is 64.7 cm³/mol. The molecule has 0 saturated heterocycles. The minimum Gasteiger partial charge on any atom is -0.480 e. The Balaban J connectivity index is 3.21. The summed E-state index contributed by atoms with van der Waals surface area (Å²) < 4.78 is 27.4. The summed E-state index contributed by atoms with van der Waals surface area (Å²) in [6.07, 6.45) is 1.42. The molecule has 0 atom stereocenters. The average Bonchev–Trinajstić information content (AvgIpc) is 2.51. The van der Waals surface area contributed by atoms with Crippen LogP contribution in [0.2, 0.25) is 0 Å². The molecule has 0 bridgehead atoms. The third-order valence-corrected chi connectivity index (χ3v) is 3.96. The fraction of sp³-hybridized carbons (Fsp3) is 0.400. The summed E-state index contributed by atoms with van der Waals surface area (Å²) in [6.45, 7) is 6.19. The van der Waals surface area contributed by atoms with Gasteiger partial charge in [-0.15, -0.1) is 6.58 Å². The van der Waals surface area contributed by atoms with Crippen LogP contribution in [0.25, 0.3) is 0 Å². The van der Waals surface area contributed by atoms with Crippen molar-refractivity contribution in [3.8, 4) is 0 Å². The number of sulfonamides is 1. The fourth-order valence-electron chi connectivity index (χ4n) is 1.59. The van der Waals surface area contributed by atoms with E-state index in [0.29, 0.717) is 5.69 Å². The summed E-state index contributed by atoms with van der Waals surface area (Å²) >= 11 is 0. The zero-order valence-corrected chi connectivity index (χ0v) is 11.0. The lowest BCUT2D eigenvalue weighted by Crippen LogP contribution is -2.25. The molecule has 0 spiro atoms. The Morgan fingerprint density at radius 3 is 2.67 bits per heavy atom. The van der Waals surface area contributed by atoms with Crippen LogP contribution in [-0.2, 0) is 21.4 Å². The predicted octanol–water partition coefficient (Wildman–Crippen LogP) is 0.0488. The third-order valence-electron chi connectivity index (χ3n) is 2.29. The van der Waals surface area contributed by atoms with Crippen LogP contribution >= 0.6 is 0 Å². The van der Waals surface area contributed by atoms with Crippen molar-refractivity contribution in [2.45, 2.75) is 25.3 Å². The van der Waals surface area contributed by atoms with Crippen LogP contribution in [0.15, 0.2) is 17.6 Å². The normalized spacial score (nSPS) is 11.4. The molecule has 0 radical (unpaired) electrons. The standard InChI is InChI=1S/C10H15N3O4S/c1-4-5-11-18(16,17)10-7(2)12-13(8(10)3)6-9(14)15/h4,11H,1,5-6H2,2-3H3,(H,14,15). The van der Waals surface area contributed by atoms with Crippen LogP contribution in [0, 0.1) is 13.8 Å². The quantitative estimate of drug-likeness (QED) is 0.713. The summed E-state index contributed by atoms with van der Waals surface area (Å²) in [6, 6.07) is 0. The van der Waals surface area contributed by atoms with Crippen LogP contribution in [0.4, 0.5) is 0 Å². The molecule has 1 heterocycles. The van der Waals surface area contributed by atoms with Gasteiger partial charge in [0.05, 0.1) is 11.4 Å². The molecule has 1 aromatic rings. The number of nitrogens with zero attached hydrogens (tertiary/aromatic N) is 2. The van der Waals surface area contributed by atoms with Gasteiger partial charge in [0.25, 0.3) is 0 Å². The van der Waals surface area contributed by atoms with E-state index in [2.05, 4.69) is 16.4 Å². The van der Waals surface area contributed by atoms with Gasteiger partial charge in [0, 0.05) is 6.54 Å². The maximum Gasteiger partial charge on any atom is 0.325 e. The van der Waals surface area contributed by atoms with E-state index in [1.54, 1.807) is 0 Å². The number of hydrogen-bond acceptors (Lipinski definition) is 4.